The van der Waals surface area contributed by atoms with Crippen LogP contribution in [0.1, 0.15) is 31.1 Å². The molecule has 3 rings (SSSR count). The van der Waals surface area contributed by atoms with Crippen LogP contribution in [0.5, 0.6) is 5.75 Å². The fourth-order valence-corrected chi connectivity index (χ4v) is 4.94. The molecule has 3 aromatic carbocycles. The van der Waals surface area contributed by atoms with E-state index in [2.05, 4.69) is 30.3 Å². The molecule has 0 spiro atoms. The first kappa shape index (κ1) is 20.0. The molecule has 0 aromatic heterocycles. The molecule has 28 heavy (non-hydrogen) atoms. The van der Waals surface area contributed by atoms with E-state index in [4.69, 9.17) is 9.47 Å². The fraction of sp³-hybridized carbons (Fsp3) is 0.208. The summed E-state index contributed by atoms with van der Waals surface area (Å²) in [5, 5.41) is 0. The van der Waals surface area contributed by atoms with E-state index in [-0.39, 0.29) is 22.5 Å². The maximum atomic E-state index is 12.0. The molecule has 0 N–H and O–H groups in total. The third-order valence-corrected chi connectivity index (χ3v) is 6.17. The van der Waals surface area contributed by atoms with Crippen LogP contribution in [0.3, 0.4) is 0 Å². The molecule has 4 heteroatoms. The number of carbonyl (C=O) groups is 1. The Morgan fingerprint density at radius 1 is 0.786 bits per heavy atom. The molecule has 3 nitrogen and oxygen atoms in total. The topological polar surface area (TPSA) is 35.5 Å². The molecule has 0 aliphatic carbocycles. The maximum Gasteiger partial charge on any atom is 0.338 e. The number of hydrogen-bond donors (Lipinski definition) is 0. The largest absolute Gasteiger partial charge is 0.488 e. The van der Waals surface area contributed by atoms with Gasteiger partial charge in [-0.2, -0.15) is 0 Å². The van der Waals surface area contributed by atoms with E-state index in [1.807, 2.05) is 63.2 Å². The molecule has 0 radical (unpaired) electrons. The number of ether oxygens (including phenoxy) is 2. The summed E-state index contributed by atoms with van der Waals surface area (Å²) in [7, 11) is 1.06. The maximum absolute atomic E-state index is 12.0. The molecule has 0 saturated carbocycles. The molecular formula is C24H25O3S+. The zero-order valence-electron chi connectivity index (χ0n) is 16.6. The SMILES string of the molecule is COC(=O)c1cccc([S+](c2ccccc2)c2ccc(OC(C)(C)C)cc2)c1. The first-order chi connectivity index (χ1) is 13.4. The molecule has 1 atom stereocenters. The Bertz CT molecular complexity index is 928. The highest BCUT2D eigenvalue weighted by Gasteiger charge is 2.29. The lowest BCUT2D eigenvalue weighted by atomic mass is 10.2. The number of rotatable bonds is 5. The van der Waals surface area contributed by atoms with E-state index in [0.717, 1.165) is 15.5 Å². The van der Waals surface area contributed by atoms with Crippen LogP contribution < -0.4 is 4.74 Å². The van der Waals surface area contributed by atoms with Gasteiger partial charge in [-0.15, -0.1) is 0 Å². The van der Waals surface area contributed by atoms with Gasteiger partial charge in [-0.05, 0) is 69.3 Å². The summed E-state index contributed by atoms with van der Waals surface area (Å²) in [6, 6.07) is 26.2. The Morgan fingerprint density at radius 2 is 1.39 bits per heavy atom. The van der Waals surface area contributed by atoms with Crippen molar-refractivity contribution in [2.24, 2.45) is 0 Å². The van der Waals surface area contributed by atoms with Crippen LogP contribution in [0, 0.1) is 0 Å². The molecule has 3 aromatic rings. The van der Waals surface area contributed by atoms with Crippen molar-refractivity contribution in [2.45, 2.75) is 41.1 Å². The number of carbonyl (C=O) groups excluding carboxylic acids is 1. The lowest BCUT2D eigenvalue weighted by Gasteiger charge is -2.21. The van der Waals surface area contributed by atoms with Crippen LogP contribution in [-0.2, 0) is 15.6 Å². The summed E-state index contributed by atoms with van der Waals surface area (Å²) in [6.45, 7) is 6.11. The molecule has 0 aliphatic heterocycles. The zero-order chi connectivity index (χ0) is 20.1. The standard InChI is InChI=1S/C24H25O3S/c1-24(2,3)27-19-13-15-21(16-14-19)28(20-10-6-5-7-11-20)22-12-8-9-18(17-22)23(25)26-4/h5-17H,1-4H3/q+1. The van der Waals surface area contributed by atoms with Gasteiger partial charge >= 0.3 is 5.97 Å². The highest BCUT2D eigenvalue weighted by atomic mass is 32.2. The summed E-state index contributed by atoms with van der Waals surface area (Å²) < 4.78 is 10.8. The van der Waals surface area contributed by atoms with E-state index in [9.17, 15) is 4.79 Å². The number of methoxy groups -OCH3 is 1. The first-order valence-corrected chi connectivity index (χ1v) is 10.4. The predicted octanol–water partition coefficient (Wildman–Crippen LogP) is 5.75. The van der Waals surface area contributed by atoms with Crippen molar-refractivity contribution in [3.63, 3.8) is 0 Å². The lowest BCUT2D eigenvalue weighted by molar-refractivity contribution is 0.0600. The number of esters is 1. The van der Waals surface area contributed by atoms with E-state index in [1.54, 1.807) is 6.07 Å². The Balaban J connectivity index is 2.03. The second-order valence-corrected chi connectivity index (χ2v) is 9.35. The lowest BCUT2D eigenvalue weighted by Crippen LogP contribution is -2.22. The Morgan fingerprint density at radius 3 is 2.00 bits per heavy atom. The predicted molar refractivity (Wildman–Crippen MR) is 113 cm³/mol. The van der Waals surface area contributed by atoms with Crippen molar-refractivity contribution >= 4 is 16.9 Å². The summed E-state index contributed by atoms with van der Waals surface area (Å²) in [6.07, 6.45) is 0. The van der Waals surface area contributed by atoms with Crippen LogP contribution in [0.4, 0.5) is 0 Å². The van der Waals surface area contributed by atoms with E-state index in [1.165, 1.54) is 12.0 Å². The highest BCUT2D eigenvalue weighted by Crippen LogP contribution is 2.33. The molecular weight excluding hydrogens is 368 g/mol. The normalized spacial score (nSPS) is 12.3. The van der Waals surface area contributed by atoms with Crippen LogP contribution in [0.25, 0.3) is 0 Å². The second kappa shape index (κ2) is 8.53. The fourth-order valence-electron chi connectivity index (χ4n) is 2.83. The molecule has 1 unspecified atom stereocenters. The molecule has 0 fully saturated rings. The van der Waals surface area contributed by atoms with Crippen LogP contribution >= 0.6 is 0 Å². The Hall–Kier alpha value is -2.72. The molecule has 0 saturated heterocycles. The van der Waals surface area contributed by atoms with Crippen LogP contribution in [0.2, 0.25) is 0 Å². The van der Waals surface area contributed by atoms with Gasteiger partial charge in [0.05, 0.1) is 23.6 Å². The van der Waals surface area contributed by atoms with Crippen molar-refractivity contribution < 1.29 is 14.3 Å². The summed E-state index contributed by atoms with van der Waals surface area (Å²) in [5.74, 6) is 0.517. The van der Waals surface area contributed by atoms with Gasteiger partial charge in [0.2, 0.25) is 0 Å². The van der Waals surface area contributed by atoms with Crippen LogP contribution in [-0.4, -0.2) is 18.7 Å². The third-order valence-electron chi connectivity index (χ3n) is 3.95. The van der Waals surface area contributed by atoms with Gasteiger partial charge in [0.25, 0.3) is 0 Å². The van der Waals surface area contributed by atoms with Gasteiger partial charge < -0.3 is 9.47 Å². The summed E-state index contributed by atoms with van der Waals surface area (Å²) in [4.78, 5) is 15.4. The minimum absolute atomic E-state index is 0.239. The molecule has 0 heterocycles. The average molecular weight is 394 g/mol. The van der Waals surface area contributed by atoms with Gasteiger partial charge in [-0.3, -0.25) is 0 Å². The van der Waals surface area contributed by atoms with Crippen molar-refractivity contribution in [3.8, 4) is 5.75 Å². The van der Waals surface area contributed by atoms with Crippen molar-refractivity contribution in [2.75, 3.05) is 7.11 Å². The van der Waals surface area contributed by atoms with Crippen molar-refractivity contribution in [1.29, 1.82) is 0 Å². The van der Waals surface area contributed by atoms with Crippen molar-refractivity contribution in [3.05, 3.63) is 84.4 Å². The number of hydrogen-bond acceptors (Lipinski definition) is 3. The zero-order valence-corrected chi connectivity index (χ0v) is 17.5. The van der Waals surface area contributed by atoms with Gasteiger partial charge in [-0.1, -0.05) is 24.3 Å². The van der Waals surface area contributed by atoms with Gasteiger partial charge in [0.15, 0.2) is 14.7 Å². The average Bonchev–Trinajstić information content (AvgIpc) is 2.69. The van der Waals surface area contributed by atoms with E-state index in [0.29, 0.717) is 5.56 Å². The Labute approximate surface area is 169 Å². The van der Waals surface area contributed by atoms with Crippen LogP contribution in [0.15, 0.2) is 93.5 Å². The molecule has 0 bridgehead atoms. The minimum atomic E-state index is -0.338. The minimum Gasteiger partial charge on any atom is -0.488 e. The highest BCUT2D eigenvalue weighted by molar-refractivity contribution is 7.97. The van der Waals surface area contributed by atoms with E-state index >= 15 is 0 Å². The monoisotopic (exact) mass is 393 g/mol. The molecule has 144 valence electrons. The molecule has 0 aliphatic rings. The molecule has 0 amide bonds. The quantitative estimate of drug-likeness (QED) is 0.409. The third kappa shape index (κ3) is 4.96. The summed E-state index contributed by atoms with van der Waals surface area (Å²) in [5.41, 5.74) is 0.318. The second-order valence-electron chi connectivity index (χ2n) is 7.32. The smallest absolute Gasteiger partial charge is 0.338 e. The number of benzene rings is 3. The van der Waals surface area contributed by atoms with Crippen molar-refractivity contribution in [1.82, 2.24) is 0 Å². The first-order valence-electron chi connectivity index (χ1n) is 9.14. The van der Waals surface area contributed by atoms with Gasteiger partial charge in [0.1, 0.15) is 11.4 Å². The summed E-state index contributed by atoms with van der Waals surface area (Å²) >= 11 is 0. The Kier molecular flexibility index (Phi) is 6.10. The van der Waals surface area contributed by atoms with Gasteiger partial charge in [-0.25, -0.2) is 4.79 Å². The van der Waals surface area contributed by atoms with Gasteiger partial charge in [0, 0.05) is 6.07 Å². The van der Waals surface area contributed by atoms with E-state index < -0.39 is 0 Å².